The minimum atomic E-state index is -0.300. The topological polar surface area (TPSA) is 97.0 Å². The molecule has 0 spiro atoms. The number of benzene rings is 2. The van der Waals surface area contributed by atoms with Crippen molar-refractivity contribution in [3.05, 3.63) is 106 Å². The molecule has 0 aliphatic rings. The fourth-order valence-corrected chi connectivity index (χ4v) is 3.42. The van der Waals surface area contributed by atoms with Crippen LogP contribution in [0.2, 0.25) is 0 Å². The standard InChI is InChI=1S/C26H23FN4O3/c1-17-23(26(33)31-25(29-17)19-11-13-28-14-12-19)9-10-24(32)30-21-3-2-4-22(15-21)34-16-18-5-7-20(27)8-6-18/h2-8,11-15H,9-10,16H2,1H3,(H,30,32)(H,29,31,33). The summed E-state index contributed by atoms with van der Waals surface area (Å²) in [5.74, 6) is 0.514. The van der Waals surface area contributed by atoms with E-state index in [4.69, 9.17) is 4.74 Å². The second-order valence-corrected chi connectivity index (χ2v) is 7.71. The van der Waals surface area contributed by atoms with Gasteiger partial charge in [-0.15, -0.1) is 0 Å². The summed E-state index contributed by atoms with van der Waals surface area (Å²) in [6.07, 6.45) is 3.65. The SMILES string of the molecule is Cc1nc(-c2ccncc2)[nH]c(=O)c1CCC(=O)Nc1cccc(OCc2ccc(F)cc2)c1. The maximum atomic E-state index is 13.0. The molecule has 4 rings (SSSR count). The van der Waals surface area contributed by atoms with E-state index in [0.717, 1.165) is 11.1 Å². The molecule has 172 valence electrons. The van der Waals surface area contributed by atoms with Gasteiger partial charge in [-0.2, -0.15) is 0 Å². The third kappa shape index (κ3) is 5.92. The van der Waals surface area contributed by atoms with E-state index in [1.807, 2.05) is 0 Å². The molecular weight excluding hydrogens is 435 g/mol. The molecule has 2 aromatic carbocycles. The van der Waals surface area contributed by atoms with E-state index in [-0.39, 0.29) is 36.7 Å². The summed E-state index contributed by atoms with van der Waals surface area (Å²) in [5.41, 5.74) is 2.98. The quantitative estimate of drug-likeness (QED) is 0.407. The number of ether oxygens (including phenoxy) is 1. The van der Waals surface area contributed by atoms with E-state index in [0.29, 0.717) is 28.5 Å². The molecule has 2 N–H and O–H groups in total. The summed E-state index contributed by atoms with van der Waals surface area (Å²) < 4.78 is 18.8. The predicted octanol–water partition coefficient (Wildman–Crippen LogP) is 4.43. The van der Waals surface area contributed by atoms with Crippen molar-refractivity contribution in [3.8, 4) is 17.1 Å². The number of pyridine rings is 1. The Hall–Kier alpha value is -4.33. The van der Waals surface area contributed by atoms with Crippen LogP contribution in [0, 0.1) is 12.7 Å². The highest BCUT2D eigenvalue weighted by molar-refractivity contribution is 5.91. The zero-order chi connectivity index (χ0) is 23.9. The third-order valence-electron chi connectivity index (χ3n) is 5.21. The lowest BCUT2D eigenvalue weighted by Crippen LogP contribution is -2.20. The molecule has 0 fully saturated rings. The number of nitrogens with one attached hydrogen (secondary N) is 2. The largest absolute Gasteiger partial charge is 0.489 e. The lowest BCUT2D eigenvalue weighted by Gasteiger charge is -2.10. The fourth-order valence-electron chi connectivity index (χ4n) is 3.42. The molecule has 0 radical (unpaired) electrons. The van der Waals surface area contributed by atoms with Crippen molar-refractivity contribution in [2.45, 2.75) is 26.4 Å². The molecule has 2 heterocycles. The van der Waals surface area contributed by atoms with Gasteiger partial charge in [-0.05, 0) is 55.3 Å². The van der Waals surface area contributed by atoms with Gasteiger partial charge in [0.25, 0.3) is 5.56 Å². The minimum absolute atomic E-state index is 0.126. The van der Waals surface area contributed by atoms with Crippen LogP contribution in [0.15, 0.2) is 77.9 Å². The molecule has 0 bridgehead atoms. The van der Waals surface area contributed by atoms with Crippen LogP contribution < -0.4 is 15.6 Å². The number of anilines is 1. The number of hydrogen-bond acceptors (Lipinski definition) is 5. The van der Waals surface area contributed by atoms with E-state index in [9.17, 15) is 14.0 Å². The molecule has 0 saturated carbocycles. The van der Waals surface area contributed by atoms with Crippen molar-refractivity contribution in [2.75, 3.05) is 5.32 Å². The predicted molar refractivity (Wildman–Crippen MR) is 127 cm³/mol. The monoisotopic (exact) mass is 458 g/mol. The third-order valence-corrected chi connectivity index (χ3v) is 5.21. The molecule has 7 nitrogen and oxygen atoms in total. The molecule has 0 atom stereocenters. The Labute approximate surface area is 195 Å². The summed E-state index contributed by atoms with van der Waals surface area (Å²) in [6, 6.07) is 16.6. The maximum absolute atomic E-state index is 13.0. The number of rotatable bonds is 8. The average molecular weight is 458 g/mol. The van der Waals surface area contributed by atoms with Crippen LogP contribution in [0.1, 0.15) is 23.2 Å². The minimum Gasteiger partial charge on any atom is -0.489 e. The average Bonchev–Trinajstić information content (AvgIpc) is 2.84. The number of amides is 1. The zero-order valence-electron chi connectivity index (χ0n) is 18.5. The molecule has 0 aliphatic heterocycles. The van der Waals surface area contributed by atoms with Gasteiger partial charge < -0.3 is 15.0 Å². The van der Waals surface area contributed by atoms with Crippen LogP contribution in [-0.4, -0.2) is 20.9 Å². The Morgan fingerprint density at radius 2 is 1.85 bits per heavy atom. The second kappa shape index (κ2) is 10.5. The Kier molecular flexibility index (Phi) is 7.07. The Bertz CT molecular complexity index is 1340. The van der Waals surface area contributed by atoms with Gasteiger partial charge in [0.05, 0.1) is 0 Å². The Balaban J connectivity index is 1.35. The molecule has 0 unspecified atom stereocenters. The lowest BCUT2D eigenvalue weighted by molar-refractivity contribution is -0.116. The Morgan fingerprint density at radius 3 is 2.59 bits per heavy atom. The summed E-state index contributed by atoms with van der Waals surface area (Å²) in [4.78, 5) is 36.3. The first kappa shape index (κ1) is 22.8. The van der Waals surface area contributed by atoms with Gasteiger partial charge in [-0.1, -0.05) is 18.2 Å². The van der Waals surface area contributed by atoms with Gasteiger partial charge in [0.1, 0.15) is 24.0 Å². The smallest absolute Gasteiger partial charge is 0.254 e. The van der Waals surface area contributed by atoms with E-state index in [1.54, 1.807) is 67.8 Å². The van der Waals surface area contributed by atoms with Crippen molar-refractivity contribution in [1.82, 2.24) is 15.0 Å². The van der Waals surface area contributed by atoms with Crippen molar-refractivity contribution >= 4 is 11.6 Å². The van der Waals surface area contributed by atoms with Crippen LogP contribution in [0.3, 0.4) is 0 Å². The normalized spacial score (nSPS) is 10.6. The number of nitrogens with zero attached hydrogens (tertiary/aromatic N) is 2. The van der Waals surface area contributed by atoms with E-state index < -0.39 is 0 Å². The Morgan fingerprint density at radius 1 is 1.09 bits per heavy atom. The highest BCUT2D eigenvalue weighted by Gasteiger charge is 2.12. The van der Waals surface area contributed by atoms with Crippen LogP contribution in [0.5, 0.6) is 5.75 Å². The molecule has 1 amide bonds. The first-order valence-corrected chi connectivity index (χ1v) is 10.8. The summed E-state index contributed by atoms with van der Waals surface area (Å²) in [5, 5.41) is 2.83. The number of halogens is 1. The van der Waals surface area contributed by atoms with Crippen molar-refractivity contribution in [1.29, 1.82) is 0 Å². The van der Waals surface area contributed by atoms with Crippen molar-refractivity contribution in [3.63, 3.8) is 0 Å². The number of carbonyl (C=O) groups excluding carboxylic acids is 1. The van der Waals surface area contributed by atoms with Gasteiger partial charge in [0, 0.05) is 47.4 Å². The van der Waals surface area contributed by atoms with Crippen LogP contribution >= 0.6 is 0 Å². The number of aromatic amines is 1. The first-order valence-electron chi connectivity index (χ1n) is 10.8. The fraction of sp³-hybridized carbons (Fsp3) is 0.154. The summed E-state index contributed by atoms with van der Waals surface area (Å²) in [6.45, 7) is 2.04. The molecule has 2 aromatic heterocycles. The molecule has 4 aromatic rings. The number of hydrogen-bond donors (Lipinski definition) is 2. The number of aromatic nitrogens is 3. The van der Waals surface area contributed by atoms with Crippen LogP contribution in [0.25, 0.3) is 11.4 Å². The van der Waals surface area contributed by atoms with Crippen LogP contribution in [-0.2, 0) is 17.8 Å². The molecule has 34 heavy (non-hydrogen) atoms. The number of aryl methyl sites for hydroxylation is 1. The van der Waals surface area contributed by atoms with Crippen LogP contribution in [0.4, 0.5) is 10.1 Å². The summed E-state index contributed by atoms with van der Waals surface area (Å²) in [7, 11) is 0. The highest BCUT2D eigenvalue weighted by Crippen LogP contribution is 2.19. The summed E-state index contributed by atoms with van der Waals surface area (Å²) >= 11 is 0. The van der Waals surface area contributed by atoms with E-state index in [1.165, 1.54) is 12.1 Å². The maximum Gasteiger partial charge on any atom is 0.254 e. The van der Waals surface area contributed by atoms with Gasteiger partial charge in [0.15, 0.2) is 0 Å². The first-order chi connectivity index (χ1) is 16.5. The lowest BCUT2D eigenvalue weighted by atomic mass is 10.1. The van der Waals surface area contributed by atoms with Crippen molar-refractivity contribution in [2.24, 2.45) is 0 Å². The molecule has 8 heteroatoms. The van der Waals surface area contributed by atoms with Crippen molar-refractivity contribution < 1.29 is 13.9 Å². The van der Waals surface area contributed by atoms with Gasteiger partial charge in [-0.25, -0.2) is 9.37 Å². The molecule has 0 saturated heterocycles. The van der Waals surface area contributed by atoms with E-state index in [2.05, 4.69) is 20.3 Å². The van der Waals surface area contributed by atoms with E-state index >= 15 is 0 Å². The molecule has 0 aliphatic carbocycles. The number of H-pyrrole nitrogens is 1. The van der Waals surface area contributed by atoms with Gasteiger partial charge >= 0.3 is 0 Å². The number of carbonyl (C=O) groups is 1. The van der Waals surface area contributed by atoms with Gasteiger partial charge in [-0.3, -0.25) is 14.6 Å². The molecular formula is C26H23FN4O3. The highest BCUT2D eigenvalue weighted by atomic mass is 19.1. The zero-order valence-corrected chi connectivity index (χ0v) is 18.5. The van der Waals surface area contributed by atoms with Gasteiger partial charge in [0.2, 0.25) is 5.91 Å². The second-order valence-electron chi connectivity index (χ2n) is 7.71.